The molecule has 1 heterocycles. The molecule has 0 unspecified atom stereocenters. The first-order valence-electron chi connectivity index (χ1n) is 6.34. The van der Waals surface area contributed by atoms with Crippen LogP contribution in [0.2, 0.25) is 5.02 Å². The fourth-order valence-electron chi connectivity index (χ4n) is 2.41. The highest BCUT2D eigenvalue weighted by Crippen LogP contribution is 2.30. The van der Waals surface area contributed by atoms with Crippen LogP contribution in [-0.4, -0.2) is 11.5 Å². The van der Waals surface area contributed by atoms with Crippen LogP contribution in [0.25, 0.3) is 22.0 Å². The molecule has 2 aromatic carbocycles. The highest BCUT2D eigenvalue weighted by molar-refractivity contribution is 6.33. The zero-order valence-corrected chi connectivity index (χ0v) is 11.2. The van der Waals surface area contributed by atoms with Crippen molar-refractivity contribution >= 4 is 22.5 Å². The summed E-state index contributed by atoms with van der Waals surface area (Å²) < 4.78 is 0. The molecule has 0 atom stereocenters. The van der Waals surface area contributed by atoms with E-state index in [0.29, 0.717) is 6.54 Å². The molecule has 0 aliphatic heterocycles. The van der Waals surface area contributed by atoms with Gasteiger partial charge in [-0.15, -0.1) is 0 Å². The number of fused-ring (bicyclic) bond motifs is 1. The standard InChI is InChI=1S/C16H15ClN2/c17-15-4-2-1-3-13(15)11-5-6-14-12(7-8-18)10-19-16(14)9-11/h1-6,9-10,19H,7-8,18H2. The minimum Gasteiger partial charge on any atom is -0.361 e. The van der Waals surface area contributed by atoms with Gasteiger partial charge in [0.25, 0.3) is 0 Å². The van der Waals surface area contributed by atoms with E-state index in [-0.39, 0.29) is 0 Å². The molecular weight excluding hydrogens is 256 g/mol. The predicted octanol–water partition coefficient (Wildman–Crippen LogP) is 3.99. The maximum Gasteiger partial charge on any atom is 0.0484 e. The Morgan fingerprint density at radius 1 is 1.11 bits per heavy atom. The van der Waals surface area contributed by atoms with Crippen molar-refractivity contribution in [3.63, 3.8) is 0 Å². The summed E-state index contributed by atoms with van der Waals surface area (Å²) in [7, 11) is 0. The Labute approximate surface area is 117 Å². The molecule has 0 saturated heterocycles. The number of hydrogen-bond donors (Lipinski definition) is 2. The van der Waals surface area contributed by atoms with Gasteiger partial charge < -0.3 is 10.7 Å². The third-order valence-electron chi connectivity index (χ3n) is 3.37. The fourth-order valence-corrected chi connectivity index (χ4v) is 2.66. The molecule has 3 aromatic rings. The molecule has 0 saturated carbocycles. The number of nitrogens with one attached hydrogen (secondary N) is 1. The second-order valence-electron chi connectivity index (χ2n) is 4.59. The number of rotatable bonds is 3. The Morgan fingerprint density at radius 2 is 1.95 bits per heavy atom. The van der Waals surface area contributed by atoms with Gasteiger partial charge in [0.05, 0.1) is 0 Å². The Balaban J connectivity index is 2.10. The van der Waals surface area contributed by atoms with Gasteiger partial charge >= 0.3 is 0 Å². The smallest absolute Gasteiger partial charge is 0.0484 e. The molecule has 3 rings (SSSR count). The molecule has 3 heteroatoms. The van der Waals surface area contributed by atoms with Gasteiger partial charge in [-0.25, -0.2) is 0 Å². The lowest BCUT2D eigenvalue weighted by molar-refractivity contribution is 0.976. The fraction of sp³-hybridized carbons (Fsp3) is 0.125. The third-order valence-corrected chi connectivity index (χ3v) is 3.70. The molecule has 0 amide bonds. The summed E-state index contributed by atoms with van der Waals surface area (Å²) in [4.78, 5) is 3.30. The van der Waals surface area contributed by atoms with Crippen LogP contribution in [0.15, 0.2) is 48.7 Å². The molecule has 0 fully saturated rings. The van der Waals surface area contributed by atoms with Crippen molar-refractivity contribution < 1.29 is 0 Å². The van der Waals surface area contributed by atoms with E-state index < -0.39 is 0 Å². The molecule has 0 aliphatic rings. The Bertz CT molecular complexity index is 716. The predicted molar refractivity (Wildman–Crippen MR) is 81.5 cm³/mol. The lowest BCUT2D eigenvalue weighted by Gasteiger charge is -2.05. The molecule has 19 heavy (non-hydrogen) atoms. The van der Waals surface area contributed by atoms with Crippen molar-refractivity contribution in [1.29, 1.82) is 0 Å². The number of aromatic amines is 1. The van der Waals surface area contributed by atoms with Crippen LogP contribution >= 0.6 is 11.6 Å². The molecule has 2 nitrogen and oxygen atoms in total. The van der Waals surface area contributed by atoms with Crippen molar-refractivity contribution in [3.8, 4) is 11.1 Å². The van der Waals surface area contributed by atoms with E-state index >= 15 is 0 Å². The third kappa shape index (κ3) is 2.25. The van der Waals surface area contributed by atoms with Gasteiger partial charge in [-0.3, -0.25) is 0 Å². The van der Waals surface area contributed by atoms with Gasteiger partial charge in [-0.1, -0.05) is 41.9 Å². The second kappa shape index (κ2) is 5.08. The molecular formula is C16H15ClN2. The highest BCUT2D eigenvalue weighted by Gasteiger charge is 2.07. The van der Waals surface area contributed by atoms with Crippen LogP contribution in [0.3, 0.4) is 0 Å². The van der Waals surface area contributed by atoms with E-state index in [0.717, 1.165) is 28.1 Å². The van der Waals surface area contributed by atoms with Crippen LogP contribution in [0, 0.1) is 0 Å². The summed E-state index contributed by atoms with van der Waals surface area (Å²) in [6.45, 7) is 0.666. The van der Waals surface area contributed by atoms with Crippen LogP contribution in [0.5, 0.6) is 0 Å². The van der Waals surface area contributed by atoms with Crippen molar-refractivity contribution in [2.75, 3.05) is 6.54 Å². The highest BCUT2D eigenvalue weighted by atomic mass is 35.5. The summed E-state index contributed by atoms with van der Waals surface area (Å²) in [5.41, 5.74) is 10.2. The lowest BCUT2D eigenvalue weighted by Crippen LogP contribution is -2.01. The molecule has 0 aliphatic carbocycles. The minimum atomic E-state index is 0.666. The first kappa shape index (κ1) is 12.3. The van der Waals surface area contributed by atoms with Gasteiger partial charge in [-0.05, 0) is 36.2 Å². The van der Waals surface area contributed by atoms with Gasteiger partial charge in [0, 0.05) is 27.7 Å². The quantitative estimate of drug-likeness (QED) is 0.742. The van der Waals surface area contributed by atoms with Crippen molar-refractivity contribution in [1.82, 2.24) is 4.98 Å². The second-order valence-corrected chi connectivity index (χ2v) is 5.00. The molecule has 0 spiro atoms. The van der Waals surface area contributed by atoms with Gasteiger partial charge in [-0.2, -0.15) is 0 Å². The van der Waals surface area contributed by atoms with Gasteiger partial charge in [0.15, 0.2) is 0 Å². The first-order valence-corrected chi connectivity index (χ1v) is 6.72. The van der Waals surface area contributed by atoms with Crippen LogP contribution in [0.4, 0.5) is 0 Å². The number of H-pyrrole nitrogens is 1. The van der Waals surface area contributed by atoms with E-state index in [2.05, 4.69) is 23.2 Å². The van der Waals surface area contributed by atoms with Crippen LogP contribution in [-0.2, 0) is 6.42 Å². The van der Waals surface area contributed by atoms with E-state index in [1.165, 1.54) is 10.9 Å². The molecule has 1 aromatic heterocycles. The largest absolute Gasteiger partial charge is 0.361 e. The first-order chi connectivity index (χ1) is 9.29. The number of benzene rings is 2. The summed E-state index contributed by atoms with van der Waals surface area (Å²) in [5, 5.41) is 2.01. The van der Waals surface area contributed by atoms with Crippen LogP contribution in [0.1, 0.15) is 5.56 Å². The summed E-state index contributed by atoms with van der Waals surface area (Å²) in [5.74, 6) is 0. The zero-order chi connectivity index (χ0) is 13.2. The summed E-state index contributed by atoms with van der Waals surface area (Å²) >= 11 is 6.24. The monoisotopic (exact) mass is 270 g/mol. The maximum atomic E-state index is 6.24. The SMILES string of the molecule is NCCc1c[nH]c2cc(-c3ccccc3Cl)ccc12. The van der Waals surface area contributed by atoms with Crippen molar-refractivity contribution in [3.05, 3.63) is 59.2 Å². The molecule has 0 bridgehead atoms. The molecule has 3 N–H and O–H groups in total. The minimum absolute atomic E-state index is 0.666. The normalized spacial score (nSPS) is 11.1. The van der Waals surface area contributed by atoms with Gasteiger partial charge in [0.1, 0.15) is 0 Å². The number of hydrogen-bond acceptors (Lipinski definition) is 1. The number of halogens is 1. The maximum absolute atomic E-state index is 6.24. The molecule has 96 valence electrons. The Kier molecular flexibility index (Phi) is 3.28. The lowest BCUT2D eigenvalue weighted by atomic mass is 10.0. The number of aromatic nitrogens is 1. The van der Waals surface area contributed by atoms with Crippen molar-refractivity contribution in [2.24, 2.45) is 5.73 Å². The Morgan fingerprint density at radius 3 is 2.74 bits per heavy atom. The summed E-state index contributed by atoms with van der Waals surface area (Å²) in [6.07, 6.45) is 2.93. The summed E-state index contributed by atoms with van der Waals surface area (Å²) in [6, 6.07) is 14.3. The average molecular weight is 271 g/mol. The Hall–Kier alpha value is -1.77. The van der Waals surface area contributed by atoms with E-state index in [4.69, 9.17) is 17.3 Å². The topological polar surface area (TPSA) is 41.8 Å². The zero-order valence-electron chi connectivity index (χ0n) is 10.5. The van der Waals surface area contributed by atoms with E-state index in [1.807, 2.05) is 30.5 Å². The number of nitrogens with two attached hydrogens (primary N) is 1. The van der Waals surface area contributed by atoms with E-state index in [9.17, 15) is 0 Å². The van der Waals surface area contributed by atoms with Crippen molar-refractivity contribution in [2.45, 2.75) is 6.42 Å². The average Bonchev–Trinajstić information content (AvgIpc) is 2.82. The molecule has 0 radical (unpaired) electrons. The van der Waals surface area contributed by atoms with Crippen LogP contribution < -0.4 is 5.73 Å². The van der Waals surface area contributed by atoms with E-state index in [1.54, 1.807) is 0 Å². The van der Waals surface area contributed by atoms with Gasteiger partial charge in [0.2, 0.25) is 0 Å².